The lowest BCUT2D eigenvalue weighted by Gasteiger charge is -2.10. The van der Waals surface area contributed by atoms with E-state index in [-0.39, 0.29) is 12.5 Å². The highest BCUT2D eigenvalue weighted by molar-refractivity contribution is 5.78. The summed E-state index contributed by atoms with van der Waals surface area (Å²) in [5.41, 5.74) is 4.43. The number of methoxy groups -OCH3 is 1. The highest BCUT2D eigenvalue weighted by Crippen LogP contribution is 2.18. The first kappa shape index (κ1) is 16.2. The summed E-state index contributed by atoms with van der Waals surface area (Å²) in [6.07, 6.45) is 0. The predicted octanol–water partition coefficient (Wildman–Crippen LogP) is 2.66. The van der Waals surface area contributed by atoms with Crippen molar-refractivity contribution in [2.75, 3.05) is 13.7 Å². The third-order valence-electron chi connectivity index (χ3n) is 3.91. The second-order valence-corrected chi connectivity index (χ2v) is 5.80. The van der Waals surface area contributed by atoms with E-state index < -0.39 is 0 Å². The molecule has 1 aromatic heterocycles. The van der Waals surface area contributed by atoms with Crippen LogP contribution in [0.4, 0.5) is 0 Å². The van der Waals surface area contributed by atoms with Crippen LogP contribution in [-0.4, -0.2) is 29.2 Å². The van der Waals surface area contributed by atoms with Crippen LogP contribution in [-0.2, 0) is 22.6 Å². The van der Waals surface area contributed by atoms with E-state index in [1.54, 1.807) is 0 Å². The number of amides is 1. The van der Waals surface area contributed by atoms with Crippen molar-refractivity contribution in [2.24, 2.45) is 0 Å². The molecule has 2 aromatic carbocycles. The molecule has 0 saturated carbocycles. The Balaban J connectivity index is 1.89. The highest BCUT2D eigenvalue weighted by Gasteiger charge is 2.12. The van der Waals surface area contributed by atoms with E-state index in [2.05, 4.69) is 52.1 Å². The minimum atomic E-state index is -0.147. The molecule has 0 unspecified atom stereocenters. The van der Waals surface area contributed by atoms with E-state index in [1.165, 1.54) is 18.2 Å². The molecule has 0 fully saturated rings. The van der Waals surface area contributed by atoms with E-state index >= 15 is 0 Å². The number of hydrogen-bond donors (Lipinski definition) is 1. The molecule has 124 valence electrons. The predicted molar refractivity (Wildman–Crippen MR) is 93.7 cm³/mol. The number of carbonyl (C=O) groups excluding carboxylic acids is 1. The van der Waals surface area contributed by atoms with Crippen LogP contribution in [0.25, 0.3) is 11.0 Å². The number of rotatable bonds is 6. The number of imidazole rings is 1. The fourth-order valence-electron chi connectivity index (χ4n) is 2.67. The molecule has 0 aliphatic carbocycles. The molecule has 0 radical (unpaired) electrons. The lowest BCUT2D eigenvalue weighted by atomic mass is 10.1. The van der Waals surface area contributed by atoms with Crippen molar-refractivity contribution < 1.29 is 9.53 Å². The molecule has 5 nitrogen and oxygen atoms in total. The number of aromatic nitrogens is 2. The summed E-state index contributed by atoms with van der Waals surface area (Å²) in [7, 11) is 1.51. The lowest BCUT2D eigenvalue weighted by molar-refractivity contribution is -0.124. The van der Waals surface area contributed by atoms with Gasteiger partial charge in [-0.15, -0.1) is 0 Å². The zero-order valence-electron chi connectivity index (χ0n) is 14.0. The second-order valence-electron chi connectivity index (χ2n) is 5.80. The number of aryl methyl sites for hydroxylation is 1. The molecule has 24 heavy (non-hydrogen) atoms. The van der Waals surface area contributed by atoms with Gasteiger partial charge in [0.1, 0.15) is 12.4 Å². The summed E-state index contributed by atoms with van der Waals surface area (Å²) in [5, 5.41) is 2.85. The molecule has 3 rings (SSSR count). The van der Waals surface area contributed by atoms with E-state index in [0.717, 1.165) is 23.4 Å². The Hall–Kier alpha value is -2.66. The molecule has 1 N–H and O–H groups in total. The van der Waals surface area contributed by atoms with Crippen LogP contribution in [0.2, 0.25) is 0 Å². The molecular weight excluding hydrogens is 302 g/mol. The van der Waals surface area contributed by atoms with Gasteiger partial charge in [0.25, 0.3) is 0 Å². The topological polar surface area (TPSA) is 56.1 Å². The maximum absolute atomic E-state index is 11.7. The Bertz CT molecular complexity index is 837. The summed E-state index contributed by atoms with van der Waals surface area (Å²) in [6.45, 7) is 3.23. The molecule has 1 heterocycles. The van der Waals surface area contributed by atoms with Crippen molar-refractivity contribution in [3.8, 4) is 0 Å². The number of fused-ring (bicyclic) bond motifs is 1. The van der Waals surface area contributed by atoms with Crippen LogP contribution in [0.3, 0.4) is 0 Å². The zero-order chi connectivity index (χ0) is 16.9. The molecule has 0 aliphatic rings. The molecular formula is C19H21N3O2. The van der Waals surface area contributed by atoms with Gasteiger partial charge in [-0.1, -0.05) is 42.0 Å². The van der Waals surface area contributed by atoms with Crippen LogP contribution < -0.4 is 5.32 Å². The van der Waals surface area contributed by atoms with Gasteiger partial charge in [-0.2, -0.15) is 0 Å². The first-order chi connectivity index (χ1) is 11.7. The van der Waals surface area contributed by atoms with Crippen LogP contribution in [0.1, 0.15) is 17.0 Å². The number of benzene rings is 2. The van der Waals surface area contributed by atoms with Crippen molar-refractivity contribution in [3.63, 3.8) is 0 Å². The van der Waals surface area contributed by atoms with Crippen molar-refractivity contribution in [1.82, 2.24) is 14.9 Å². The fraction of sp³-hybridized carbons (Fsp3) is 0.263. The first-order valence-electron chi connectivity index (χ1n) is 7.92. The molecule has 0 aliphatic heterocycles. The van der Waals surface area contributed by atoms with Crippen molar-refractivity contribution in [1.29, 1.82) is 0 Å². The Kier molecular flexibility index (Phi) is 4.91. The van der Waals surface area contributed by atoms with E-state index in [1.807, 2.05) is 18.2 Å². The normalized spacial score (nSPS) is 10.9. The van der Waals surface area contributed by atoms with Gasteiger partial charge in [-0.25, -0.2) is 4.98 Å². The van der Waals surface area contributed by atoms with Crippen LogP contribution >= 0.6 is 0 Å². The van der Waals surface area contributed by atoms with Crippen molar-refractivity contribution >= 4 is 16.9 Å². The van der Waals surface area contributed by atoms with Crippen LogP contribution in [0, 0.1) is 6.92 Å². The Labute approximate surface area is 141 Å². The first-order valence-corrected chi connectivity index (χ1v) is 7.92. The van der Waals surface area contributed by atoms with Crippen molar-refractivity contribution in [3.05, 3.63) is 65.5 Å². The van der Waals surface area contributed by atoms with E-state index in [4.69, 9.17) is 4.74 Å². The zero-order valence-corrected chi connectivity index (χ0v) is 14.0. The average molecular weight is 323 g/mol. The number of nitrogens with one attached hydrogen (secondary N) is 1. The standard InChI is InChI=1S/C19H21N3O2/c1-14-7-9-15(10-8-14)12-22-17-6-4-3-5-16(17)21-18(22)11-20-19(23)13-24-2/h3-10H,11-13H2,1-2H3,(H,20,23). The Morgan fingerprint density at radius 3 is 2.67 bits per heavy atom. The molecule has 0 atom stereocenters. The summed E-state index contributed by atoms with van der Waals surface area (Å²) >= 11 is 0. The van der Waals surface area contributed by atoms with E-state index in [0.29, 0.717) is 6.54 Å². The smallest absolute Gasteiger partial charge is 0.246 e. The third kappa shape index (κ3) is 3.63. The summed E-state index contributed by atoms with van der Waals surface area (Å²) < 4.78 is 6.99. The molecule has 0 spiro atoms. The Morgan fingerprint density at radius 1 is 1.17 bits per heavy atom. The minimum absolute atomic E-state index is 0.0538. The fourth-order valence-corrected chi connectivity index (χ4v) is 2.67. The van der Waals surface area contributed by atoms with Gasteiger partial charge in [0.15, 0.2) is 0 Å². The number of hydrogen-bond acceptors (Lipinski definition) is 3. The largest absolute Gasteiger partial charge is 0.375 e. The molecule has 1 amide bonds. The minimum Gasteiger partial charge on any atom is -0.375 e. The molecule has 5 heteroatoms. The van der Waals surface area contributed by atoms with Gasteiger partial charge in [-0.05, 0) is 24.6 Å². The van der Waals surface area contributed by atoms with E-state index in [9.17, 15) is 4.79 Å². The number of carbonyl (C=O) groups is 1. The van der Waals surface area contributed by atoms with Gasteiger partial charge >= 0.3 is 0 Å². The van der Waals surface area contributed by atoms with Gasteiger partial charge in [0.2, 0.25) is 5.91 Å². The quantitative estimate of drug-likeness (QED) is 0.759. The number of para-hydroxylation sites is 2. The average Bonchev–Trinajstić information content (AvgIpc) is 2.93. The monoisotopic (exact) mass is 323 g/mol. The second kappa shape index (κ2) is 7.27. The van der Waals surface area contributed by atoms with Crippen molar-refractivity contribution in [2.45, 2.75) is 20.0 Å². The van der Waals surface area contributed by atoms with Gasteiger partial charge in [-0.3, -0.25) is 4.79 Å². The molecule has 0 bridgehead atoms. The maximum Gasteiger partial charge on any atom is 0.246 e. The summed E-state index contributed by atoms with van der Waals surface area (Å²) in [6, 6.07) is 16.5. The third-order valence-corrected chi connectivity index (χ3v) is 3.91. The number of nitrogens with zero attached hydrogens (tertiary/aromatic N) is 2. The molecule has 0 saturated heterocycles. The highest BCUT2D eigenvalue weighted by atomic mass is 16.5. The van der Waals surface area contributed by atoms with Gasteiger partial charge in [0, 0.05) is 13.7 Å². The van der Waals surface area contributed by atoms with Crippen LogP contribution in [0.15, 0.2) is 48.5 Å². The maximum atomic E-state index is 11.7. The van der Waals surface area contributed by atoms with Gasteiger partial charge < -0.3 is 14.6 Å². The Morgan fingerprint density at radius 2 is 1.92 bits per heavy atom. The SMILES string of the molecule is COCC(=O)NCc1nc2ccccc2n1Cc1ccc(C)cc1. The van der Waals surface area contributed by atoms with Crippen LogP contribution in [0.5, 0.6) is 0 Å². The lowest BCUT2D eigenvalue weighted by Crippen LogP contribution is -2.28. The van der Waals surface area contributed by atoms with Gasteiger partial charge in [0.05, 0.1) is 17.6 Å². The summed E-state index contributed by atoms with van der Waals surface area (Å²) in [4.78, 5) is 16.3. The number of ether oxygens (including phenoxy) is 1. The molecule has 3 aromatic rings. The summed E-state index contributed by atoms with van der Waals surface area (Å²) in [5.74, 6) is 0.688.